The van der Waals surface area contributed by atoms with Gasteiger partial charge in [-0.15, -0.1) is 0 Å². The predicted molar refractivity (Wildman–Crippen MR) is 96.0 cm³/mol. The van der Waals surface area contributed by atoms with Crippen molar-refractivity contribution in [3.8, 4) is 0 Å². The number of hydrogen-bond donors (Lipinski definition) is 0. The van der Waals surface area contributed by atoms with Crippen molar-refractivity contribution < 1.29 is 4.74 Å². The van der Waals surface area contributed by atoms with E-state index in [2.05, 4.69) is 20.8 Å². The zero-order chi connectivity index (χ0) is 15.6. The van der Waals surface area contributed by atoms with Crippen LogP contribution in [-0.2, 0) is 4.74 Å². The Bertz CT molecular complexity index is 179. The molecule has 1 nitrogen and oxygen atoms in total. The van der Waals surface area contributed by atoms with E-state index in [1.165, 1.54) is 96.3 Å². The van der Waals surface area contributed by atoms with Crippen LogP contribution < -0.4 is 0 Å². The highest BCUT2D eigenvalue weighted by Gasteiger charge is 2.01. The van der Waals surface area contributed by atoms with Gasteiger partial charge >= 0.3 is 0 Å². The molecular formula is C20H42O. The van der Waals surface area contributed by atoms with Crippen molar-refractivity contribution in [3.63, 3.8) is 0 Å². The first-order valence-electron chi connectivity index (χ1n) is 9.92. The molecule has 0 heterocycles. The lowest BCUT2D eigenvalue weighted by Crippen LogP contribution is -2.09. The maximum atomic E-state index is 5.87. The van der Waals surface area contributed by atoms with E-state index in [-0.39, 0.29) is 0 Å². The van der Waals surface area contributed by atoms with E-state index >= 15 is 0 Å². The lowest BCUT2D eigenvalue weighted by atomic mass is 10.1. The number of hydrogen-bond acceptors (Lipinski definition) is 1. The monoisotopic (exact) mass is 298 g/mol. The molecule has 0 aromatic heterocycles. The minimum Gasteiger partial charge on any atom is -0.379 e. The summed E-state index contributed by atoms with van der Waals surface area (Å²) in [5, 5.41) is 0. The van der Waals surface area contributed by atoms with Gasteiger partial charge in [0.25, 0.3) is 0 Å². The summed E-state index contributed by atoms with van der Waals surface area (Å²) in [7, 11) is 0. The van der Waals surface area contributed by atoms with E-state index in [9.17, 15) is 0 Å². The second-order valence-electron chi connectivity index (χ2n) is 6.71. The van der Waals surface area contributed by atoms with Gasteiger partial charge in [0.2, 0.25) is 0 Å². The third kappa shape index (κ3) is 17.9. The van der Waals surface area contributed by atoms with Crippen LogP contribution in [0.2, 0.25) is 0 Å². The second-order valence-corrected chi connectivity index (χ2v) is 6.71. The minimum atomic E-state index is 0.472. The minimum absolute atomic E-state index is 0.472. The maximum Gasteiger partial charge on any atom is 0.0547 e. The molecular weight excluding hydrogens is 256 g/mol. The van der Waals surface area contributed by atoms with Crippen LogP contribution in [0, 0.1) is 0 Å². The van der Waals surface area contributed by atoms with Crippen LogP contribution >= 0.6 is 0 Å². The van der Waals surface area contributed by atoms with Gasteiger partial charge in [-0.25, -0.2) is 0 Å². The average Bonchev–Trinajstić information content (AvgIpc) is 2.48. The molecule has 0 radical (unpaired) electrons. The lowest BCUT2D eigenvalue weighted by molar-refractivity contribution is 0.0558. The van der Waals surface area contributed by atoms with Crippen LogP contribution in [0.4, 0.5) is 0 Å². The van der Waals surface area contributed by atoms with E-state index in [0.717, 1.165) is 6.61 Å². The predicted octanol–water partition coefficient (Wildman–Crippen LogP) is 7.28. The molecule has 0 aliphatic heterocycles. The van der Waals surface area contributed by atoms with Gasteiger partial charge in [0.15, 0.2) is 0 Å². The van der Waals surface area contributed by atoms with Crippen molar-refractivity contribution in [2.75, 3.05) is 6.61 Å². The first-order valence-corrected chi connectivity index (χ1v) is 9.92. The fourth-order valence-corrected chi connectivity index (χ4v) is 2.82. The van der Waals surface area contributed by atoms with Gasteiger partial charge in [0, 0.05) is 6.61 Å². The molecule has 0 rings (SSSR count). The Labute approximate surface area is 135 Å². The summed E-state index contributed by atoms with van der Waals surface area (Å²) in [5.41, 5.74) is 0. The highest BCUT2D eigenvalue weighted by molar-refractivity contribution is 4.52. The summed E-state index contributed by atoms with van der Waals surface area (Å²) in [6.45, 7) is 7.75. The summed E-state index contributed by atoms with van der Waals surface area (Å²) in [6, 6.07) is 0. The van der Waals surface area contributed by atoms with Gasteiger partial charge in [0.1, 0.15) is 0 Å². The van der Waals surface area contributed by atoms with E-state index in [1.807, 2.05) is 0 Å². The van der Waals surface area contributed by atoms with Gasteiger partial charge in [-0.1, -0.05) is 97.3 Å². The number of unbranched alkanes of at least 4 members (excludes halogenated alkanes) is 12. The van der Waals surface area contributed by atoms with Crippen molar-refractivity contribution in [2.45, 2.75) is 123 Å². The summed E-state index contributed by atoms with van der Waals surface area (Å²) in [5.74, 6) is 0. The van der Waals surface area contributed by atoms with Crippen LogP contribution in [0.15, 0.2) is 0 Å². The average molecular weight is 299 g/mol. The van der Waals surface area contributed by atoms with Crippen LogP contribution in [0.5, 0.6) is 0 Å². The second kappa shape index (κ2) is 18.0. The Hall–Kier alpha value is -0.0400. The van der Waals surface area contributed by atoms with Crippen LogP contribution in [-0.4, -0.2) is 12.7 Å². The Morgan fingerprint density at radius 3 is 1.52 bits per heavy atom. The Morgan fingerprint density at radius 2 is 1.00 bits per heavy atom. The van der Waals surface area contributed by atoms with Crippen molar-refractivity contribution >= 4 is 0 Å². The highest BCUT2D eigenvalue weighted by atomic mass is 16.5. The van der Waals surface area contributed by atoms with Gasteiger partial charge in [0.05, 0.1) is 6.10 Å². The first kappa shape index (κ1) is 21.0. The molecule has 0 amide bonds. The molecule has 1 unspecified atom stereocenters. The van der Waals surface area contributed by atoms with Gasteiger partial charge in [-0.3, -0.25) is 0 Å². The maximum absolute atomic E-state index is 5.87. The molecule has 1 heteroatoms. The molecule has 0 aliphatic carbocycles. The van der Waals surface area contributed by atoms with E-state index in [0.29, 0.717) is 6.10 Å². The molecule has 0 fully saturated rings. The van der Waals surface area contributed by atoms with Gasteiger partial charge in [-0.2, -0.15) is 0 Å². The Kier molecular flexibility index (Phi) is 18.0. The van der Waals surface area contributed by atoms with Gasteiger partial charge < -0.3 is 4.74 Å². The first-order chi connectivity index (χ1) is 10.3. The van der Waals surface area contributed by atoms with Crippen molar-refractivity contribution in [1.82, 2.24) is 0 Å². The smallest absolute Gasteiger partial charge is 0.0547 e. The van der Waals surface area contributed by atoms with Crippen LogP contribution in [0.3, 0.4) is 0 Å². The van der Waals surface area contributed by atoms with Gasteiger partial charge in [-0.05, 0) is 19.8 Å². The number of ether oxygens (including phenoxy) is 1. The Balaban J connectivity index is 3.05. The summed E-state index contributed by atoms with van der Waals surface area (Å²) < 4.78 is 5.87. The van der Waals surface area contributed by atoms with Crippen molar-refractivity contribution in [1.29, 1.82) is 0 Å². The zero-order valence-electron chi connectivity index (χ0n) is 15.3. The van der Waals surface area contributed by atoms with E-state index in [4.69, 9.17) is 4.74 Å². The molecule has 0 saturated heterocycles. The lowest BCUT2D eigenvalue weighted by Gasteiger charge is -2.12. The van der Waals surface area contributed by atoms with E-state index < -0.39 is 0 Å². The molecule has 0 bridgehead atoms. The molecule has 0 N–H and O–H groups in total. The molecule has 0 aliphatic rings. The SMILES string of the molecule is CCCCCCCCCCCCCOC(C)CCCCC. The molecule has 0 aromatic carbocycles. The molecule has 128 valence electrons. The van der Waals surface area contributed by atoms with Crippen molar-refractivity contribution in [2.24, 2.45) is 0 Å². The van der Waals surface area contributed by atoms with Crippen LogP contribution in [0.1, 0.15) is 117 Å². The fourth-order valence-electron chi connectivity index (χ4n) is 2.82. The third-order valence-corrected chi connectivity index (χ3v) is 4.36. The zero-order valence-corrected chi connectivity index (χ0v) is 15.3. The fraction of sp³-hybridized carbons (Fsp3) is 1.00. The molecule has 0 spiro atoms. The molecule has 1 atom stereocenters. The normalized spacial score (nSPS) is 12.7. The third-order valence-electron chi connectivity index (χ3n) is 4.36. The van der Waals surface area contributed by atoms with Crippen LogP contribution in [0.25, 0.3) is 0 Å². The summed E-state index contributed by atoms with van der Waals surface area (Å²) in [6.07, 6.45) is 21.2. The largest absolute Gasteiger partial charge is 0.379 e. The quantitative estimate of drug-likeness (QED) is 0.256. The summed E-state index contributed by atoms with van der Waals surface area (Å²) >= 11 is 0. The molecule has 21 heavy (non-hydrogen) atoms. The highest BCUT2D eigenvalue weighted by Crippen LogP contribution is 2.12. The summed E-state index contributed by atoms with van der Waals surface area (Å²) in [4.78, 5) is 0. The Morgan fingerprint density at radius 1 is 0.571 bits per heavy atom. The van der Waals surface area contributed by atoms with Crippen molar-refractivity contribution in [3.05, 3.63) is 0 Å². The molecule has 0 saturated carbocycles. The molecule has 0 aromatic rings. The van der Waals surface area contributed by atoms with E-state index in [1.54, 1.807) is 0 Å². The standard InChI is InChI=1S/C20H42O/c1-4-6-8-9-10-11-12-13-14-15-17-19-21-20(3)18-16-7-5-2/h20H,4-19H2,1-3H3. The number of rotatable bonds is 17. The topological polar surface area (TPSA) is 9.23 Å².